The molecule has 0 aromatic heterocycles. The first-order chi connectivity index (χ1) is 16.8. The van der Waals surface area contributed by atoms with Gasteiger partial charge in [-0.2, -0.15) is 0 Å². The molecular formula is C31H46N2O3. The summed E-state index contributed by atoms with van der Waals surface area (Å²) in [6.45, 7) is 20.8. The Kier molecular flexibility index (Phi) is 14.4. The zero-order valence-corrected chi connectivity index (χ0v) is 23.6. The van der Waals surface area contributed by atoms with Gasteiger partial charge in [-0.1, -0.05) is 68.5 Å². The highest BCUT2D eigenvalue weighted by atomic mass is 16.3. The Morgan fingerprint density at radius 2 is 1.28 bits per heavy atom. The predicted octanol–water partition coefficient (Wildman–Crippen LogP) is 6.58. The lowest BCUT2D eigenvalue weighted by molar-refractivity contribution is 0.0909. The van der Waals surface area contributed by atoms with Crippen molar-refractivity contribution in [1.29, 1.82) is 0 Å². The van der Waals surface area contributed by atoms with Gasteiger partial charge in [0.15, 0.2) is 0 Å². The number of rotatable bonds is 6. The van der Waals surface area contributed by atoms with E-state index in [9.17, 15) is 14.7 Å². The van der Waals surface area contributed by atoms with Crippen molar-refractivity contribution < 1.29 is 14.7 Å². The maximum Gasteiger partial charge on any atom is 0.252 e. The van der Waals surface area contributed by atoms with Gasteiger partial charge in [0.2, 0.25) is 0 Å². The zero-order chi connectivity index (χ0) is 27.9. The first-order valence-corrected chi connectivity index (χ1v) is 12.5. The number of benzene rings is 2. The van der Waals surface area contributed by atoms with Crippen molar-refractivity contribution in [3.05, 3.63) is 89.5 Å². The molecule has 3 N–H and O–H groups in total. The minimum absolute atomic E-state index is 0.161. The number of aliphatic hydroxyl groups excluding tert-OH is 1. The first-order valence-electron chi connectivity index (χ1n) is 12.5. The van der Waals surface area contributed by atoms with E-state index < -0.39 is 6.10 Å². The fourth-order valence-electron chi connectivity index (χ4n) is 3.09. The molecule has 0 radical (unpaired) electrons. The third-order valence-electron chi connectivity index (χ3n) is 4.37. The fraction of sp³-hybridized carbons (Fsp3) is 0.419. The topological polar surface area (TPSA) is 78.4 Å². The molecule has 36 heavy (non-hydrogen) atoms. The van der Waals surface area contributed by atoms with E-state index in [0.717, 1.165) is 11.1 Å². The molecular weight excluding hydrogens is 448 g/mol. The molecule has 0 fully saturated rings. The van der Waals surface area contributed by atoms with Crippen molar-refractivity contribution in [2.24, 2.45) is 0 Å². The van der Waals surface area contributed by atoms with E-state index in [4.69, 9.17) is 0 Å². The van der Waals surface area contributed by atoms with Gasteiger partial charge in [0, 0.05) is 28.6 Å². The summed E-state index contributed by atoms with van der Waals surface area (Å²) < 4.78 is 0. The van der Waals surface area contributed by atoms with Crippen molar-refractivity contribution in [3.63, 3.8) is 0 Å². The molecule has 0 spiro atoms. The number of carbonyl (C=O) groups excluding carboxylic acids is 2. The predicted molar refractivity (Wildman–Crippen MR) is 153 cm³/mol. The van der Waals surface area contributed by atoms with Crippen LogP contribution in [0, 0.1) is 0 Å². The molecule has 198 valence electrons. The molecule has 0 aliphatic carbocycles. The molecule has 0 bridgehead atoms. The van der Waals surface area contributed by atoms with Crippen LogP contribution in [0.25, 0.3) is 6.08 Å². The summed E-state index contributed by atoms with van der Waals surface area (Å²) >= 11 is 0. The standard InChI is InChI=1S/C26H34N2O3.C3H6.C2H6/c1-25(2,3)27-23(30)21-13-9-7-11-18(21)15-16-20(29)17-19-12-8-10-14-22(19)24(31)28-26(4,5)6;1-3-2;1-2/h7-16,20,29H,17H2,1-6H3,(H,27,30)(H,28,31);3H,1H2,2H3;1-2H3/b16-15-;;. The number of allylic oxidation sites excluding steroid dienone is 1. The van der Waals surface area contributed by atoms with E-state index in [1.807, 2.05) is 98.7 Å². The van der Waals surface area contributed by atoms with Gasteiger partial charge in [-0.05, 0) is 71.7 Å². The maximum atomic E-state index is 12.6. The highest BCUT2D eigenvalue weighted by Crippen LogP contribution is 2.16. The van der Waals surface area contributed by atoms with Crippen LogP contribution in [0.3, 0.4) is 0 Å². The number of aliphatic hydroxyl groups is 1. The summed E-state index contributed by atoms with van der Waals surface area (Å²) in [4.78, 5) is 25.2. The van der Waals surface area contributed by atoms with Crippen molar-refractivity contribution >= 4 is 17.9 Å². The van der Waals surface area contributed by atoms with Crippen LogP contribution in [-0.2, 0) is 6.42 Å². The summed E-state index contributed by atoms with van der Waals surface area (Å²) in [5, 5.41) is 16.5. The Hall–Kier alpha value is -3.18. The van der Waals surface area contributed by atoms with Crippen LogP contribution < -0.4 is 10.6 Å². The number of nitrogens with one attached hydrogen (secondary N) is 2. The van der Waals surface area contributed by atoms with Gasteiger partial charge in [0.1, 0.15) is 0 Å². The average molecular weight is 495 g/mol. The Morgan fingerprint density at radius 3 is 1.78 bits per heavy atom. The molecule has 1 atom stereocenters. The molecule has 0 saturated heterocycles. The summed E-state index contributed by atoms with van der Waals surface area (Å²) in [6, 6.07) is 14.5. The van der Waals surface area contributed by atoms with Crippen LogP contribution >= 0.6 is 0 Å². The lowest BCUT2D eigenvalue weighted by Gasteiger charge is -2.22. The van der Waals surface area contributed by atoms with Gasteiger partial charge in [0.25, 0.3) is 11.8 Å². The van der Waals surface area contributed by atoms with Gasteiger partial charge < -0.3 is 15.7 Å². The lowest BCUT2D eigenvalue weighted by atomic mass is 9.98. The Labute approximate surface area is 218 Å². The molecule has 2 aromatic carbocycles. The highest BCUT2D eigenvalue weighted by molar-refractivity contribution is 5.98. The Morgan fingerprint density at radius 1 is 0.861 bits per heavy atom. The van der Waals surface area contributed by atoms with E-state index >= 15 is 0 Å². The Bertz CT molecular complexity index is 995. The van der Waals surface area contributed by atoms with E-state index in [1.165, 1.54) is 0 Å². The van der Waals surface area contributed by atoms with Crippen LogP contribution in [0.1, 0.15) is 94.2 Å². The Balaban J connectivity index is 0.00000227. The van der Waals surface area contributed by atoms with Gasteiger partial charge in [-0.15, -0.1) is 6.58 Å². The van der Waals surface area contributed by atoms with Crippen LogP contribution in [0.4, 0.5) is 0 Å². The van der Waals surface area contributed by atoms with Crippen LogP contribution in [0.2, 0.25) is 0 Å². The largest absolute Gasteiger partial charge is 0.389 e. The molecule has 0 aliphatic heterocycles. The second kappa shape index (κ2) is 15.7. The molecule has 0 heterocycles. The van der Waals surface area contributed by atoms with Crippen LogP contribution in [0.5, 0.6) is 0 Å². The van der Waals surface area contributed by atoms with E-state index in [-0.39, 0.29) is 22.9 Å². The van der Waals surface area contributed by atoms with E-state index in [1.54, 1.807) is 30.4 Å². The number of hydrogen-bond donors (Lipinski definition) is 3. The summed E-state index contributed by atoms with van der Waals surface area (Å²) in [6.07, 6.45) is 4.64. The monoisotopic (exact) mass is 494 g/mol. The molecule has 1 unspecified atom stereocenters. The molecule has 2 aromatic rings. The summed E-state index contributed by atoms with van der Waals surface area (Å²) in [5.74, 6) is -0.324. The van der Waals surface area contributed by atoms with Crippen molar-refractivity contribution in [2.45, 2.75) is 85.9 Å². The summed E-state index contributed by atoms with van der Waals surface area (Å²) in [5.41, 5.74) is 1.90. The third kappa shape index (κ3) is 13.1. The molecule has 5 nitrogen and oxygen atoms in total. The average Bonchev–Trinajstić information content (AvgIpc) is 2.78. The minimum atomic E-state index is -0.803. The number of carbonyl (C=O) groups is 2. The second-order valence-corrected chi connectivity index (χ2v) is 10.2. The smallest absolute Gasteiger partial charge is 0.252 e. The quantitative estimate of drug-likeness (QED) is 0.397. The van der Waals surface area contributed by atoms with Gasteiger partial charge >= 0.3 is 0 Å². The van der Waals surface area contributed by atoms with Crippen molar-refractivity contribution in [2.75, 3.05) is 0 Å². The fourth-order valence-corrected chi connectivity index (χ4v) is 3.09. The third-order valence-corrected chi connectivity index (χ3v) is 4.37. The molecule has 5 heteroatoms. The highest BCUT2D eigenvalue weighted by Gasteiger charge is 2.19. The number of amides is 2. The normalized spacial score (nSPS) is 11.8. The minimum Gasteiger partial charge on any atom is -0.389 e. The van der Waals surface area contributed by atoms with Gasteiger partial charge in [-0.3, -0.25) is 9.59 Å². The van der Waals surface area contributed by atoms with Crippen LogP contribution in [0.15, 0.2) is 67.3 Å². The lowest BCUT2D eigenvalue weighted by Crippen LogP contribution is -2.41. The zero-order valence-electron chi connectivity index (χ0n) is 23.6. The van der Waals surface area contributed by atoms with Gasteiger partial charge in [0.05, 0.1) is 6.10 Å². The van der Waals surface area contributed by atoms with Crippen LogP contribution in [-0.4, -0.2) is 34.1 Å². The molecule has 2 amide bonds. The molecule has 0 saturated carbocycles. The van der Waals surface area contributed by atoms with E-state index in [0.29, 0.717) is 17.5 Å². The number of hydrogen-bond acceptors (Lipinski definition) is 3. The van der Waals surface area contributed by atoms with Gasteiger partial charge in [-0.25, -0.2) is 0 Å². The SMILES string of the molecule is C=CC.CC.CC(C)(C)NC(=O)c1ccccc1/C=C\C(O)Cc1ccccc1C(=O)NC(C)(C)C. The first kappa shape index (κ1) is 32.8. The van der Waals surface area contributed by atoms with E-state index in [2.05, 4.69) is 17.2 Å². The second-order valence-electron chi connectivity index (χ2n) is 10.2. The molecule has 0 aliphatic rings. The maximum absolute atomic E-state index is 12.6. The van der Waals surface area contributed by atoms with Crippen molar-refractivity contribution in [1.82, 2.24) is 10.6 Å². The summed E-state index contributed by atoms with van der Waals surface area (Å²) in [7, 11) is 0. The van der Waals surface area contributed by atoms with Crippen molar-refractivity contribution in [3.8, 4) is 0 Å². The molecule has 2 rings (SSSR count).